The molecule has 0 aromatic heterocycles. The second-order valence-electron chi connectivity index (χ2n) is 15.4. The van der Waals surface area contributed by atoms with E-state index in [-0.39, 0.29) is 22.7 Å². The Balaban J connectivity index is 1.89. The number of carbonyl (C=O) groups excluding carboxylic acids is 5. The molecule has 1 spiro atoms. The molecule has 3 aliphatic rings. The van der Waals surface area contributed by atoms with Crippen LogP contribution in [0.2, 0.25) is 0 Å². The van der Waals surface area contributed by atoms with Crippen molar-refractivity contribution in [1.82, 2.24) is 15.5 Å². The first kappa shape index (κ1) is 31.9. The molecule has 2 unspecified atom stereocenters. The van der Waals surface area contributed by atoms with Gasteiger partial charge in [0, 0.05) is 6.54 Å². The molecule has 10 nitrogen and oxygen atoms in total. The van der Waals surface area contributed by atoms with E-state index in [9.17, 15) is 24.0 Å². The SMILES string of the molecule is CC(C)(C)OC(=O)N[C@H](C(=O)N1C[C@]2(CC2C(C)(C)C)C[C@H]1C(=O)NC(CC1CCC1)C(=O)C(N)=O)C(C)(C)C. The van der Waals surface area contributed by atoms with Crippen LogP contribution in [0.5, 0.6) is 0 Å². The summed E-state index contributed by atoms with van der Waals surface area (Å²) < 4.78 is 5.44. The summed E-state index contributed by atoms with van der Waals surface area (Å²) in [6, 6.07) is -2.80. The van der Waals surface area contributed by atoms with Crippen LogP contribution in [0.1, 0.15) is 101 Å². The Hall–Kier alpha value is -2.65. The maximum atomic E-state index is 14.2. The van der Waals surface area contributed by atoms with E-state index >= 15 is 0 Å². The highest BCUT2D eigenvalue weighted by Crippen LogP contribution is 2.66. The monoisotopic (exact) mass is 562 g/mol. The van der Waals surface area contributed by atoms with Crippen LogP contribution in [0.4, 0.5) is 4.79 Å². The van der Waals surface area contributed by atoms with E-state index in [1.807, 2.05) is 20.8 Å². The Morgan fingerprint density at radius 2 is 1.55 bits per heavy atom. The molecule has 0 bridgehead atoms. The summed E-state index contributed by atoms with van der Waals surface area (Å²) >= 11 is 0. The fourth-order valence-corrected chi connectivity index (χ4v) is 6.42. The molecule has 1 saturated heterocycles. The summed E-state index contributed by atoms with van der Waals surface area (Å²) in [5.41, 5.74) is 3.67. The number of amides is 4. The van der Waals surface area contributed by atoms with Gasteiger partial charge in [-0.15, -0.1) is 0 Å². The van der Waals surface area contributed by atoms with Gasteiger partial charge >= 0.3 is 6.09 Å². The van der Waals surface area contributed by atoms with Crippen LogP contribution in [0, 0.1) is 28.1 Å². The van der Waals surface area contributed by atoms with Crippen LogP contribution < -0.4 is 16.4 Å². The van der Waals surface area contributed by atoms with Crippen molar-refractivity contribution in [2.45, 2.75) is 125 Å². The third-order valence-corrected chi connectivity index (χ3v) is 8.73. The number of rotatable bonds is 8. The first-order chi connectivity index (χ1) is 18.1. The Labute approximate surface area is 238 Å². The van der Waals surface area contributed by atoms with E-state index < -0.39 is 52.8 Å². The lowest BCUT2D eigenvalue weighted by Gasteiger charge is -2.36. The minimum atomic E-state index is -1.08. The average molecular weight is 563 g/mol. The number of hydrogen-bond acceptors (Lipinski definition) is 6. The fourth-order valence-electron chi connectivity index (χ4n) is 6.42. The molecule has 0 radical (unpaired) electrons. The van der Waals surface area contributed by atoms with E-state index in [1.165, 1.54) is 0 Å². The van der Waals surface area contributed by atoms with E-state index in [2.05, 4.69) is 31.4 Å². The Kier molecular flexibility index (Phi) is 8.74. The van der Waals surface area contributed by atoms with Crippen molar-refractivity contribution >= 4 is 29.6 Å². The van der Waals surface area contributed by atoms with Crippen molar-refractivity contribution in [3.63, 3.8) is 0 Å². The Morgan fingerprint density at radius 1 is 0.950 bits per heavy atom. The van der Waals surface area contributed by atoms with Crippen LogP contribution in [0.25, 0.3) is 0 Å². The second-order valence-corrected chi connectivity index (χ2v) is 15.4. The summed E-state index contributed by atoms with van der Waals surface area (Å²) in [5, 5.41) is 5.55. The number of carbonyl (C=O) groups is 5. The number of likely N-dealkylation sites (tertiary alicyclic amines) is 1. The van der Waals surface area contributed by atoms with E-state index in [4.69, 9.17) is 10.5 Å². The first-order valence-corrected chi connectivity index (χ1v) is 14.6. The highest BCUT2D eigenvalue weighted by Gasteiger charge is 2.65. The third kappa shape index (κ3) is 7.35. The van der Waals surface area contributed by atoms with Gasteiger partial charge in [-0.05, 0) is 68.1 Å². The summed E-state index contributed by atoms with van der Waals surface area (Å²) in [6.45, 7) is 17.7. The van der Waals surface area contributed by atoms with Crippen LogP contribution in [-0.2, 0) is 23.9 Å². The quantitative estimate of drug-likeness (QED) is 0.387. The van der Waals surface area contributed by atoms with E-state index in [1.54, 1.807) is 25.7 Å². The van der Waals surface area contributed by atoms with Gasteiger partial charge in [0.05, 0.1) is 6.04 Å². The number of ketones is 1. The number of hydrogen-bond donors (Lipinski definition) is 3. The van der Waals surface area contributed by atoms with Crippen molar-refractivity contribution in [3.05, 3.63) is 0 Å². The van der Waals surface area contributed by atoms with Crippen molar-refractivity contribution in [1.29, 1.82) is 0 Å². The van der Waals surface area contributed by atoms with Gasteiger partial charge in [-0.2, -0.15) is 0 Å². The maximum Gasteiger partial charge on any atom is 0.408 e. The molecule has 3 rings (SSSR count). The van der Waals surface area contributed by atoms with E-state index in [0.717, 1.165) is 25.7 Å². The molecule has 4 amide bonds. The van der Waals surface area contributed by atoms with Crippen molar-refractivity contribution in [3.8, 4) is 0 Å². The smallest absolute Gasteiger partial charge is 0.408 e. The number of primary amides is 1. The largest absolute Gasteiger partial charge is 0.444 e. The summed E-state index contributed by atoms with van der Waals surface area (Å²) in [5.74, 6) is -2.16. The van der Waals surface area contributed by atoms with Crippen LogP contribution in [-0.4, -0.2) is 64.8 Å². The van der Waals surface area contributed by atoms with Gasteiger partial charge in [0.1, 0.15) is 17.7 Å². The lowest BCUT2D eigenvalue weighted by molar-refractivity contribution is -0.143. The van der Waals surface area contributed by atoms with Crippen LogP contribution in [0.3, 0.4) is 0 Å². The molecule has 0 aromatic carbocycles. The molecule has 1 aliphatic heterocycles. The van der Waals surface area contributed by atoms with Gasteiger partial charge in [0.25, 0.3) is 5.91 Å². The molecule has 10 heteroatoms. The highest BCUT2D eigenvalue weighted by molar-refractivity contribution is 6.37. The fraction of sp³-hybridized carbons (Fsp3) is 0.833. The zero-order valence-corrected chi connectivity index (χ0v) is 25.8. The molecular weight excluding hydrogens is 512 g/mol. The first-order valence-electron chi connectivity index (χ1n) is 14.6. The number of nitrogens with zero attached hydrogens (tertiary/aromatic N) is 1. The minimum absolute atomic E-state index is 0.00697. The number of nitrogens with two attached hydrogens (primary N) is 1. The Bertz CT molecular complexity index is 1030. The molecule has 3 fully saturated rings. The molecule has 226 valence electrons. The van der Waals surface area contributed by atoms with Gasteiger partial charge in [0.2, 0.25) is 17.6 Å². The normalized spacial score (nSPS) is 26.5. The van der Waals surface area contributed by atoms with E-state index in [0.29, 0.717) is 25.3 Å². The van der Waals surface area contributed by atoms with Gasteiger partial charge < -0.3 is 26.0 Å². The summed E-state index contributed by atoms with van der Waals surface area (Å²) in [7, 11) is 0. The summed E-state index contributed by atoms with van der Waals surface area (Å²) in [4.78, 5) is 66.7. The van der Waals surface area contributed by atoms with Crippen molar-refractivity contribution in [2.24, 2.45) is 33.8 Å². The highest BCUT2D eigenvalue weighted by atomic mass is 16.6. The van der Waals surface area contributed by atoms with Crippen molar-refractivity contribution < 1.29 is 28.7 Å². The average Bonchev–Trinajstić information content (AvgIpc) is 3.33. The molecule has 40 heavy (non-hydrogen) atoms. The molecule has 2 saturated carbocycles. The Morgan fingerprint density at radius 3 is 1.98 bits per heavy atom. The standard InChI is InChI=1S/C30H50N4O6/c1-27(2,3)20-15-30(20)14-19(24(37)32-18(21(35)23(31)36)13-17-11-10-12-17)34(16-30)25(38)22(28(4,5)6)33-26(39)40-29(7,8)9/h17-20,22H,10-16H2,1-9H3,(H2,31,36)(H,32,37)(H,33,39)/t18?,19-,20?,22+,30+/m0/s1. The number of Topliss-reactive ketones (excluding diaryl/α,β-unsaturated/α-hetero) is 1. The van der Waals surface area contributed by atoms with Gasteiger partial charge in [-0.3, -0.25) is 19.2 Å². The molecular formula is C30H50N4O6. The predicted octanol–water partition coefficient (Wildman–Crippen LogP) is 3.31. The number of alkyl carbamates (subject to hydrolysis) is 1. The second kappa shape index (κ2) is 11.0. The zero-order chi connectivity index (χ0) is 30.4. The maximum absolute atomic E-state index is 14.2. The molecule has 0 aromatic rings. The van der Waals surface area contributed by atoms with Gasteiger partial charge in [0.15, 0.2) is 0 Å². The molecule has 1 heterocycles. The molecule has 5 atom stereocenters. The van der Waals surface area contributed by atoms with Gasteiger partial charge in [-0.25, -0.2) is 4.79 Å². The van der Waals surface area contributed by atoms with Crippen LogP contribution >= 0.6 is 0 Å². The summed E-state index contributed by atoms with van der Waals surface area (Å²) in [6.07, 6.45) is 3.92. The lowest BCUT2D eigenvalue weighted by Crippen LogP contribution is -2.59. The zero-order valence-electron chi connectivity index (χ0n) is 25.8. The topological polar surface area (TPSA) is 148 Å². The van der Waals surface area contributed by atoms with Gasteiger partial charge in [-0.1, -0.05) is 60.8 Å². The molecule has 2 aliphatic carbocycles. The van der Waals surface area contributed by atoms with Crippen LogP contribution in [0.15, 0.2) is 0 Å². The molecule has 4 N–H and O–H groups in total. The third-order valence-electron chi connectivity index (χ3n) is 8.73. The predicted molar refractivity (Wildman–Crippen MR) is 151 cm³/mol. The number of nitrogens with one attached hydrogen (secondary N) is 2. The van der Waals surface area contributed by atoms with Crippen molar-refractivity contribution in [2.75, 3.05) is 6.54 Å². The number of ether oxygens (including phenoxy) is 1. The lowest BCUT2D eigenvalue weighted by atomic mass is 9.80. The minimum Gasteiger partial charge on any atom is -0.444 e.